The smallest absolute Gasteiger partial charge is 0.0519 e. The van der Waals surface area contributed by atoms with Gasteiger partial charge in [0.15, 0.2) is 0 Å². The Kier molecular flexibility index (Phi) is 2.35. The van der Waals surface area contributed by atoms with Crippen LogP contribution in [-0.4, -0.2) is 11.0 Å². The molecule has 0 aromatic carbocycles. The van der Waals surface area contributed by atoms with E-state index in [1.54, 1.807) is 0 Å². The lowest BCUT2D eigenvalue weighted by Crippen LogP contribution is -2.21. The Morgan fingerprint density at radius 2 is 2.08 bits per heavy atom. The van der Waals surface area contributed by atoms with Crippen molar-refractivity contribution in [2.45, 2.75) is 38.1 Å². The van der Waals surface area contributed by atoms with Gasteiger partial charge in [0.05, 0.1) is 5.69 Å². The first kappa shape index (κ1) is 7.71. The van der Waals surface area contributed by atoms with Crippen molar-refractivity contribution in [2.75, 3.05) is 5.32 Å². The quantitative estimate of drug-likeness (QED) is 0.691. The van der Waals surface area contributed by atoms with E-state index in [2.05, 4.69) is 16.4 Å². The number of aromatic amines is 1. The highest BCUT2D eigenvalue weighted by Crippen LogP contribution is 2.20. The molecule has 2 N–H and O–H groups in total. The van der Waals surface area contributed by atoms with Crippen LogP contribution in [0.15, 0.2) is 18.5 Å². The summed E-state index contributed by atoms with van der Waals surface area (Å²) in [6.07, 6.45) is 10.9. The number of anilines is 1. The molecule has 1 heterocycles. The largest absolute Gasteiger partial charge is 0.381 e. The van der Waals surface area contributed by atoms with Gasteiger partial charge in [-0.1, -0.05) is 19.3 Å². The molecule has 0 aliphatic heterocycles. The highest BCUT2D eigenvalue weighted by molar-refractivity contribution is 5.41. The molecule has 1 aromatic heterocycles. The maximum atomic E-state index is 3.53. The van der Waals surface area contributed by atoms with Gasteiger partial charge in [-0.2, -0.15) is 0 Å². The Morgan fingerprint density at radius 1 is 1.25 bits per heavy atom. The summed E-state index contributed by atoms with van der Waals surface area (Å²) < 4.78 is 0. The fraction of sp³-hybridized carbons (Fsp3) is 0.600. The van der Waals surface area contributed by atoms with E-state index >= 15 is 0 Å². The Hall–Kier alpha value is -0.920. The molecule has 0 spiro atoms. The standard InChI is InChI=1S/C10H16N2/c1-2-4-9(5-3-1)12-10-6-7-11-8-10/h6-9,11-12H,1-5H2. The molecule has 1 fully saturated rings. The third-order valence-electron chi connectivity index (χ3n) is 2.57. The van der Waals surface area contributed by atoms with E-state index in [1.165, 1.54) is 37.8 Å². The van der Waals surface area contributed by atoms with E-state index in [-0.39, 0.29) is 0 Å². The van der Waals surface area contributed by atoms with Crippen LogP contribution in [-0.2, 0) is 0 Å². The van der Waals surface area contributed by atoms with Crippen LogP contribution in [0.25, 0.3) is 0 Å². The van der Waals surface area contributed by atoms with Gasteiger partial charge in [-0.3, -0.25) is 0 Å². The molecule has 0 atom stereocenters. The van der Waals surface area contributed by atoms with E-state index in [9.17, 15) is 0 Å². The number of rotatable bonds is 2. The lowest BCUT2D eigenvalue weighted by molar-refractivity contribution is 0.463. The summed E-state index contributed by atoms with van der Waals surface area (Å²) in [5, 5.41) is 3.53. The van der Waals surface area contributed by atoms with Gasteiger partial charge in [0.25, 0.3) is 0 Å². The maximum absolute atomic E-state index is 3.53. The Morgan fingerprint density at radius 3 is 2.75 bits per heavy atom. The minimum Gasteiger partial charge on any atom is -0.381 e. The van der Waals surface area contributed by atoms with Crippen molar-refractivity contribution in [3.8, 4) is 0 Å². The molecule has 2 rings (SSSR count). The number of hydrogen-bond donors (Lipinski definition) is 2. The number of nitrogens with one attached hydrogen (secondary N) is 2. The predicted octanol–water partition coefficient (Wildman–Crippen LogP) is 2.76. The highest BCUT2D eigenvalue weighted by Gasteiger charge is 2.12. The molecule has 2 heteroatoms. The first-order valence-electron chi connectivity index (χ1n) is 4.84. The molecule has 0 saturated heterocycles. The molecule has 1 aromatic rings. The molecular formula is C10H16N2. The summed E-state index contributed by atoms with van der Waals surface area (Å²) in [6.45, 7) is 0. The molecule has 2 nitrogen and oxygen atoms in total. The summed E-state index contributed by atoms with van der Waals surface area (Å²) in [5.41, 5.74) is 1.24. The molecule has 1 saturated carbocycles. The van der Waals surface area contributed by atoms with Crippen molar-refractivity contribution >= 4 is 5.69 Å². The Labute approximate surface area is 73.4 Å². The monoisotopic (exact) mass is 164 g/mol. The van der Waals surface area contributed by atoms with Crippen LogP contribution in [0, 0.1) is 0 Å². The van der Waals surface area contributed by atoms with Gasteiger partial charge in [-0.05, 0) is 18.9 Å². The van der Waals surface area contributed by atoms with Gasteiger partial charge in [0, 0.05) is 18.4 Å². The van der Waals surface area contributed by atoms with Gasteiger partial charge in [0.1, 0.15) is 0 Å². The number of H-pyrrole nitrogens is 1. The van der Waals surface area contributed by atoms with Gasteiger partial charge in [-0.15, -0.1) is 0 Å². The predicted molar refractivity (Wildman–Crippen MR) is 51.3 cm³/mol. The Bertz CT molecular complexity index is 210. The first-order chi connectivity index (χ1) is 5.95. The van der Waals surface area contributed by atoms with Gasteiger partial charge < -0.3 is 10.3 Å². The van der Waals surface area contributed by atoms with E-state index in [0.717, 1.165) is 6.04 Å². The summed E-state index contributed by atoms with van der Waals surface area (Å²) in [4.78, 5) is 3.06. The van der Waals surface area contributed by atoms with E-state index in [4.69, 9.17) is 0 Å². The van der Waals surface area contributed by atoms with Crippen molar-refractivity contribution in [1.82, 2.24) is 4.98 Å². The van der Waals surface area contributed by atoms with Gasteiger partial charge >= 0.3 is 0 Å². The fourth-order valence-corrected chi connectivity index (χ4v) is 1.90. The third kappa shape index (κ3) is 1.81. The zero-order valence-corrected chi connectivity index (χ0v) is 7.34. The fourth-order valence-electron chi connectivity index (χ4n) is 1.90. The second kappa shape index (κ2) is 3.65. The zero-order valence-electron chi connectivity index (χ0n) is 7.34. The van der Waals surface area contributed by atoms with Crippen molar-refractivity contribution in [2.24, 2.45) is 0 Å². The second-order valence-corrected chi connectivity index (χ2v) is 3.58. The molecule has 0 bridgehead atoms. The molecule has 0 amide bonds. The van der Waals surface area contributed by atoms with Crippen LogP contribution in [0.1, 0.15) is 32.1 Å². The van der Waals surface area contributed by atoms with Crippen molar-refractivity contribution in [1.29, 1.82) is 0 Å². The Balaban J connectivity index is 1.86. The molecule has 12 heavy (non-hydrogen) atoms. The van der Waals surface area contributed by atoms with Crippen molar-refractivity contribution < 1.29 is 0 Å². The van der Waals surface area contributed by atoms with Crippen LogP contribution >= 0.6 is 0 Å². The van der Waals surface area contributed by atoms with Gasteiger partial charge in [-0.25, -0.2) is 0 Å². The first-order valence-corrected chi connectivity index (χ1v) is 4.84. The number of aromatic nitrogens is 1. The molecular weight excluding hydrogens is 148 g/mol. The lowest BCUT2D eigenvalue weighted by atomic mass is 9.95. The van der Waals surface area contributed by atoms with Crippen LogP contribution < -0.4 is 5.32 Å². The molecule has 0 unspecified atom stereocenters. The van der Waals surface area contributed by atoms with E-state index in [1.807, 2.05) is 12.4 Å². The van der Waals surface area contributed by atoms with Gasteiger partial charge in [0.2, 0.25) is 0 Å². The normalized spacial score (nSPS) is 19.3. The molecule has 0 radical (unpaired) electrons. The topological polar surface area (TPSA) is 27.8 Å². The molecule has 1 aliphatic rings. The maximum Gasteiger partial charge on any atom is 0.0519 e. The number of hydrogen-bond acceptors (Lipinski definition) is 1. The average Bonchev–Trinajstić information content (AvgIpc) is 2.59. The van der Waals surface area contributed by atoms with Crippen LogP contribution in [0.3, 0.4) is 0 Å². The minimum atomic E-state index is 0.717. The summed E-state index contributed by atoms with van der Waals surface area (Å²) in [6, 6.07) is 2.81. The highest BCUT2D eigenvalue weighted by atomic mass is 14.9. The van der Waals surface area contributed by atoms with Crippen LogP contribution in [0.5, 0.6) is 0 Å². The minimum absolute atomic E-state index is 0.717. The lowest BCUT2D eigenvalue weighted by Gasteiger charge is -2.22. The second-order valence-electron chi connectivity index (χ2n) is 3.58. The SMILES string of the molecule is c1cc(NC2CCCCC2)c[nH]1. The van der Waals surface area contributed by atoms with Crippen LogP contribution in [0.4, 0.5) is 5.69 Å². The van der Waals surface area contributed by atoms with E-state index < -0.39 is 0 Å². The summed E-state index contributed by atoms with van der Waals surface area (Å²) in [5.74, 6) is 0. The molecule has 66 valence electrons. The average molecular weight is 164 g/mol. The van der Waals surface area contributed by atoms with Crippen LogP contribution in [0.2, 0.25) is 0 Å². The van der Waals surface area contributed by atoms with Crippen molar-refractivity contribution in [3.63, 3.8) is 0 Å². The third-order valence-corrected chi connectivity index (χ3v) is 2.57. The summed E-state index contributed by atoms with van der Waals surface area (Å²) in [7, 11) is 0. The summed E-state index contributed by atoms with van der Waals surface area (Å²) >= 11 is 0. The van der Waals surface area contributed by atoms with E-state index in [0.29, 0.717) is 0 Å². The van der Waals surface area contributed by atoms with Crippen molar-refractivity contribution in [3.05, 3.63) is 18.5 Å². The zero-order chi connectivity index (χ0) is 8.23. The molecule has 1 aliphatic carbocycles.